The van der Waals surface area contributed by atoms with E-state index in [2.05, 4.69) is 14.6 Å². The molecule has 0 amide bonds. The summed E-state index contributed by atoms with van der Waals surface area (Å²) in [4.78, 5) is 7.05. The first-order chi connectivity index (χ1) is 13.0. The molecule has 0 saturated carbocycles. The van der Waals surface area contributed by atoms with Gasteiger partial charge < -0.3 is 14.2 Å². The van der Waals surface area contributed by atoms with E-state index >= 15 is 0 Å². The number of methoxy groups -OCH3 is 1. The van der Waals surface area contributed by atoms with Crippen LogP contribution in [-0.4, -0.2) is 56.2 Å². The van der Waals surface area contributed by atoms with Gasteiger partial charge in [0.05, 0.1) is 12.0 Å². The summed E-state index contributed by atoms with van der Waals surface area (Å²) in [6, 6.07) is 6.46. The molecular formula is C19H28N4O3S. The van der Waals surface area contributed by atoms with Crippen molar-refractivity contribution in [3.63, 3.8) is 0 Å². The molecule has 8 heteroatoms. The molecule has 1 unspecified atom stereocenters. The number of hydrogen-bond donors (Lipinski definition) is 1. The number of imidazole rings is 1. The SMILES string of the molecule is COc1ccc(S(=O)(=O)NCC2CCCN(CCc3nccn3C)C2)cc1. The summed E-state index contributed by atoms with van der Waals surface area (Å²) in [5.41, 5.74) is 0. The molecule has 27 heavy (non-hydrogen) atoms. The number of nitrogens with zero attached hydrogens (tertiary/aromatic N) is 3. The molecule has 1 saturated heterocycles. The molecule has 2 heterocycles. The number of likely N-dealkylation sites (tertiary alicyclic amines) is 1. The average Bonchev–Trinajstić information content (AvgIpc) is 3.10. The van der Waals surface area contributed by atoms with E-state index in [1.165, 1.54) is 0 Å². The van der Waals surface area contributed by atoms with Crippen LogP contribution in [0.4, 0.5) is 0 Å². The zero-order chi connectivity index (χ0) is 19.3. The van der Waals surface area contributed by atoms with Crippen molar-refractivity contribution >= 4 is 10.0 Å². The first kappa shape index (κ1) is 19.9. The molecule has 1 atom stereocenters. The Morgan fingerprint density at radius 2 is 2.07 bits per heavy atom. The van der Waals surface area contributed by atoms with Gasteiger partial charge in [-0.3, -0.25) is 0 Å². The Hall–Kier alpha value is -1.90. The van der Waals surface area contributed by atoms with Crippen LogP contribution in [0.1, 0.15) is 18.7 Å². The van der Waals surface area contributed by atoms with E-state index in [-0.39, 0.29) is 4.90 Å². The van der Waals surface area contributed by atoms with E-state index in [0.29, 0.717) is 18.2 Å². The monoisotopic (exact) mass is 392 g/mol. The molecule has 1 aliphatic heterocycles. The lowest BCUT2D eigenvalue weighted by Gasteiger charge is -2.32. The Bertz CT molecular complexity index is 833. The van der Waals surface area contributed by atoms with Gasteiger partial charge in [-0.1, -0.05) is 0 Å². The van der Waals surface area contributed by atoms with Gasteiger partial charge in [0.15, 0.2) is 0 Å². The fourth-order valence-corrected chi connectivity index (χ4v) is 4.60. The number of piperidine rings is 1. The molecule has 2 aromatic rings. The smallest absolute Gasteiger partial charge is 0.240 e. The highest BCUT2D eigenvalue weighted by atomic mass is 32.2. The van der Waals surface area contributed by atoms with Crippen molar-refractivity contribution < 1.29 is 13.2 Å². The zero-order valence-electron chi connectivity index (χ0n) is 16.0. The van der Waals surface area contributed by atoms with E-state index in [4.69, 9.17) is 4.74 Å². The molecule has 148 valence electrons. The Morgan fingerprint density at radius 3 is 2.74 bits per heavy atom. The predicted molar refractivity (Wildman–Crippen MR) is 104 cm³/mol. The van der Waals surface area contributed by atoms with Crippen molar-refractivity contribution in [3.8, 4) is 5.75 Å². The van der Waals surface area contributed by atoms with E-state index in [0.717, 1.165) is 44.7 Å². The van der Waals surface area contributed by atoms with Gasteiger partial charge in [-0.2, -0.15) is 0 Å². The molecule has 1 aromatic carbocycles. The van der Waals surface area contributed by atoms with Crippen LogP contribution in [0.2, 0.25) is 0 Å². The normalized spacial score (nSPS) is 18.5. The highest BCUT2D eigenvalue weighted by Gasteiger charge is 2.22. The molecule has 1 N–H and O–H groups in total. The van der Waals surface area contributed by atoms with Gasteiger partial charge in [0.25, 0.3) is 0 Å². The topological polar surface area (TPSA) is 76.5 Å². The molecule has 3 rings (SSSR count). The fourth-order valence-electron chi connectivity index (χ4n) is 3.48. The largest absolute Gasteiger partial charge is 0.497 e. The van der Waals surface area contributed by atoms with E-state index in [9.17, 15) is 8.42 Å². The molecule has 0 bridgehead atoms. The average molecular weight is 393 g/mol. The van der Waals surface area contributed by atoms with Crippen molar-refractivity contribution in [3.05, 3.63) is 42.5 Å². The highest BCUT2D eigenvalue weighted by Crippen LogP contribution is 2.18. The molecule has 0 aliphatic carbocycles. The van der Waals surface area contributed by atoms with Crippen LogP contribution in [0.25, 0.3) is 0 Å². The van der Waals surface area contributed by atoms with Crippen molar-refractivity contribution in [2.45, 2.75) is 24.2 Å². The number of aryl methyl sites for hydroxylation is 1. The van der Waals surface area contributed by atoms with Crippen LogP contribution in [0.3, 0.4) is 0 Å². The third kappa shape index (κ3) is 5.31. The lowest BCUT2D eigenvalue weighted by atomic mass is 9.98. The Kier molecular flexibility index (Phi) is 6.51. The van der Waals surface area contributed by atoms with Gasteiger partial charge >= 0.3 is 0 Å². The number of ether oxygens (including phenoxy) is 1. The molecular weight excluding hydrogens is 364 g/mol. The second-order valence-corrected chi connectivity index (χ2v) is 8.81. The number of aromatic nitrogens is 2. The van der Waals surface area contributed by atoms with Crippen LogP contribution < -0.4 is 9.46 Å². The number of benzene rings is 1. The third-order valence-corrected chi connectivity index (χ3v) is 6.55. The van der Waals surface area contributed by atoms with Gasteiger partial charge in [0, 0.05) is 45.5 Å². The lowest BCUT2D eigenvalue weighted by Crippen LogP contribution is -2.41. The first-order valence-electron chi connectivity index (χ1n) is 9.30. The summed E-state index contributed by atoms with van der Waals surface area (Å²) in [6.07, 6.45) is 6.83. The van der Waals surface area contributed by atoms with Crippen LogP contribution >= 0.6 is 0 Å². The minimum absolute atomic E-state index is 0.269. The maximum atomic E-state index is 12.5. The van der Waals surface area contributed by atoms with Crippen molar-refractivity contribution in [1.29, 1.82) is 0 Å². The van der Waals surface area contributed by atoms with Crippen LogP contribution in [0.15, 0.2) is 41.6 Å². The second kappa shape index (κ2) is 8.86. The fraction of sp³-hybridized carbons (Fsp3) is 0.526. The van der Waals surface area contributed by atoms with Gasteiger partial charge in [-0.25, -0.2) is 18.1 Å². The summed E-state index contributed by atoms with van der Waals surface area (Å²) in [5, 5.41) is 0. The lowest BCUT2D eigenvalue weighted by molar-refractivity contribution is 0.176. The summed E-state index contributed by atoms with van der Waals surface area (Å²) in [5.74, 6) is 2.05. The van der Waals surface area contributed by atoms with Crippen molar-refractivity contribution in [1.82, 2.24) is 19.2 Å². The molecule has 1 fully saturated rings. The van der Waals surface area contributed by atoms with E-state index < -0.39 is 10.0 Å². The summed E-state index contributed by atoms with van der Waals surface area (Å²) in [6.45, 7) is 3.39. The van der Waals surface area contributed by atoms with Crippen molar-refractivity contribution in [2.75, 3.05) is 33.3 Å². The summed E-state index contributed by atoms with van der Waals surface area (Å²) >= 11 is 0. The van der Waals surface area contributed by atoms with E-state index in [1.807, 2.05) is 24.0 Å². The van der Waals surface area contributed by atoms with Gasteiger partial charge in [0.1, 0.15) is 11.6 Å². The molecule has 0 spiro atoms. The summed E-state index contributed by atoms with van der Waals surface area (Å²) < 4.78 is 34.9. The molecule has 0 radical (unpaired) electrons. The third-order valence-electron chi connectivity index (χ3n) is 5.11. The Labute approximate surface area is 161 Å². The number of nitrogens with one attached hydrogen (secondary N) is 1. The second-order valence-electron chi connectivity index (χ2n) is 7.04. The Morgan fingerprint density at radius 1 is 1.30 bits per heavy atom. The standard InChI is InChI=1S/C19H28N4O3S/c1-22-13-10-20-19(22)9-12-23-11-3-4-16(15-23)14-21-27(24,25)18-7-5-17(26-2)6-8-18/h5-8,10,13,16,21H,3-4,9,11-12,14-15H2,1-2H3. The minimum atomic E-state index is -3.49. The van der Waals surface area contributed by atoms with Crippen LogP contribution in [-0.2, 0) is 23.5 Å². The number of hydrogen-bond acceptors (Lipinski definition) is 5. The van der Waals surface area contributed by atoms with Crippen LogP contribution in [0.5, 0.6) is 5.75 Å². The summed E-state index contributed by atoms with van der Waals surface area (Å²) in [7, 11) is 0.0763. The molecule has 1 aromatic heterocycles. The molecule has 7 nitrogen and oxygen atoms in total. The minimum Gasteiger partial charge on any atom is -0.497 e. The predicted octanol–water partition coefficient (Wildman–Crippen LogP) is 1.66. The van der Waals surface area contributed by atoms with E-state index in [1.54, 1.807) is 31.4 Å². The van der Waals surface area contributed by atoms with Crippen molar-refractivity contribution in [2.24, 2.45) is 13.0 Å². The quantitative estimate of drug-likeness (QED) is 0.739. The Balaban J connectivity index is 1.50. The first-order valence-corrected chi connectivity index (χ1v) is 10.8. The zero-order valence-corrected chi connectivity index (χ0v) is 16.8. The van der Waals surface area contributed by atoms with Gasteiger partial charge in [0.2, 0.25) is 10.0 Å². The van der Waals surface area contributed by atoms with Crippen LogP contribution in [0, 0.1) is 5.92 Å². The molecule has 1 aliphatic rings. The highest BCUT2D eigenvalue weighted by molar-refractivity contribution is 7.89. The van der Waals surface area contributed by atoms with Gasteiger partial charge in [-0.15, -0.1) is 0 Å². The number of rotatable bonds is 8. The van der Waals surface area contributed by atoms with Gasteiger partial charge in [-0.05, 0) is 49.6 Å². The number of sulfonamides is 1. The maximum absolute atomic E-state index is 12.5. The maximum Gasteiger partial charge on any atom is 0.240 e.